The number of ether oxygens (including phenoxy) is 2. The fraction of sp³-hybridized carbons (Fsp3) is 0.154. The molecule has 0 aliphatic heterocycles. The van der Waals surface area contributed by atoms with Crippen LogP contribution in [0.25, 0.3) is 6.08 Å². The average molecular weight is 446 g/mol. The van der Waals surface area contributed by atoms with Gasteiger partial charge in [-0.1, -0.05) is 41.1 Å². The second kappa shape index (κ2) is 10.9. The molecular formula is C26H27N3O4. The minimum absolute atomic E-state index is 0.0709. The molecule has 7 heteroatoms. The fourth-order valence-corrected chi connectivity index (χ4v) is 3.08. The third-order valence-electron chi connectivity index (χ3n) is 5.02. The van der Waals surface area contributed by atoms with Crippen molar-refractivity contribution in [1.82, 2.24) is 0 Å². The highest BCUT2D eigenvalue weighted by molar-refractivity contribution is 6.00. The van der Waals surface area contributed by atoms with Gasteiger partial charge in [-0.25, -0.2) is 4.79 Å². The molecular weight excluding hydrogens is 418 g/mol. The summed E-state index contributed by atoms with van der Waals surface area (Å²) in [6.07, 6.45) is 2.89. The molecule has 4 N–H and O–H groups in total. The first-order chi connectivity index (χ1) is 15.9. The molecule has 33 heavy (non-hydrogen) atoms. The van der Waals surface area contributed by atoms with Gasteiger partial charge < -0.3 is 25.8 Å². The zero-order valence-electron chi connectivity index (χ0n) is 18.9. The molecule has 3 aromatic rings. The Hall–Kier alpha value is -4.26. The van der Waals surface area contributed by atoms with Gasteiger partial charge in [0.1, 0.15) is 18.1 Å². The number of methoxy groups -OCH3 is 1. The van der Waals surface area contributed by atoms with E-state index in [4.69, 9.17) is 25.8 Å². The van der Waals surface area contributed by atoms with Crippen molar-refractivity contribution in [1.29, 1.82) is 0 Å². The summed E-state index contributed by atoms with van der Waals surface area (Å²) in [5, 5.41) is 3.72. The first kappa shape index (κ1) is 23.4. The molecule has 0 amide bonds. The van der Waals surface area contributed by atoms with Gasteiger partial charge in [-0.05, 0) is 61.4 Å². The molecule has 7 nitrogen and oxygen atoms in total. The molecule has 0 radical (unpaired) electrons. The quantitative estimate of drug-likeness (QED) is 0.133. The maximum Gasteiger partial charge on any atom is 0.358 e. The van der Waals surface area contributed by atoms with Crippen molar-refractivity contribution in [3.05, 3.63) is 94.6 Å². The van der Waals surface area contributed by atoms with E-state index in [1.165, 1.54) is 6.08 Å². The van der Waals surface area contributed by atoms with Crippen molar-refractivity contribution in [3.63, 3.8) is 0 Å². The molecule has 0 fully saturated rings. The molecule has 0 aliphatic carbocycles. The van der Waals surface area contributed by atoms with Gasteiger partial charge in [0.05, 0.1) is 7.11 Å². The number of hydrogen-bond acceptors (Lipinski definition) is 6. The number of anilines is 1. The lowest BCUT2D eigenvalue weighted by Gasteiger charge is -2.11. The molecule has 0 spiro atoms. The highest BCUT2D eigenvalue weighted by Gasteiger charge is 2.08. The first-order valence-corrected chi connectivity index (χ1v) is 10.3. The number of hydrogen-bond donors (Lipinski definition) is 2. The number of nitrogens with two attached hydrogens (primary N) is 2. The maximum atomic E-state index is 12.1. The van der Waals surface area contributed by atoms with E-state index in [1.807, 2.05) is 56.3 Å². The van der Waals surface area contributed by atoms with Gasteiger partial charge in [-0.15, -0.1) is 0 Å². The van der Waals surface area contributed by atoms with Crippen LogP contribution in [0.3, 0.4) is 0 Å². The van der Waals surface area contributed by atoms with Gasteiger partial charge in [0, 0.05) is 22.9 Å². The van der Waals surface area contributed by atoms with Crippen LogP contribution in [-0.2, 0) is 16.2 Å². The van der Waals surface area contributed by atoms with Gasteiger partial charge in [0.25, 0.3) is 0 Å². The predicted octanol–water partition coefficient (Wildman–Crippen LogP) is 4.35. The highest BCUT2D eigenvalue weighted by Crippen LogP contribution is 2.23. The Bertz CT molecular complexity index is 1180. The van der Waals surface area contributed by atoms with Gasteiger partial charge in [0.2, 0.25) is 0 Å². The lowest BCUT2D eigenvalue weighted by molar-refractivity contribution is -0.137. The molecule has 170 valence electrons. The number of nitrogens with zero attached hydrogens (tertiary/aromatic N) is 1. The van der Waals surface area contributed by atoms with Crippen molar-refractivity contribution >= 4 is 23.6 Å². The summed E-state index contributed by atoms with van der Waals surface area (Å²) in [4.78, 5) is 17.0. The molecule has 0 saturated heterocycles. The third-order valence-corrected chi connectivity index (χ3v) is 5.02. The lowest BCUT2D eigenvalue weighted by atomic mass is 10.1. The van der Waals surface area contributed by atoms with Crippen molar-refractivity contribution in [2.24, 2.45) is 10.9 Å². The Balaban J connectivity index is 1.66. The van der Waals surface area contributed by atoms with E-state index >= 15 is 0 Å². The number of amidine groups is 1. The van der Waals surface area contributed by atoms with Crippen molar-refractivity contribution < 1.29 is 19.1 Å². The lowest BCUT2D eigenvalue weighted by Crippen LogP contribution is -2.16. The van der Waals surface area contributed by atoms with Crippen LogP contribution >= 0.6 is 0 Å². The van der Waals surface area contributed by atoms with Crippen LogP contribution in [-0.4, -0.2) is 18.9 Å². The largest absolute Gasteiger partial charge is 0.496 e. The van der Waals surface area contributed by atoms with Crippen molar-refractivity contribution in [3.8, 4) is 11.5 Å². The number of nitrogen functional groups attached to an aromatic ring is 1. The molecule has 0 unspecified atom stereocenters. The van der Waals surface area contributed by atoms with E-state index in [0.29, 0.717) is 23.6 Å². The van der Waals surface area contributed by atoms with Crippen LogP contribution in [0.15, 0.2) is 71.9 Å². The minimum Gasteiger partial charge on any atom is -0.496 e. The Labute approximate surface area is 193 Å². The van der Waals surface area contributed by atoms with E-state index in [9.17, 15) is 4.79 Å². The van der Waals surface area contributed by atoms with Crippen LogP contribution < -0.4 is 20.9 Å². The SMILES string of the molecule is COc1ccc(/C=C\C(=O)O/N=C(\N)c2cccc(N)c2C)cc1COc1ccc(C)cc1. The van der Waals surface area contributed by atoms with E-state index < -0.39 is 5.97 Å². The summed E-state index contributed by atoms with van der Waals surface area (Å²) in [5.74, 6) is 0.865. The van der Waals surface area contributed by atoms with Crippen LogP contribution in [0.1, 0.15) is 27.8 Å². The van der Waals surface area contributed by atoms with Gasteiger partial charge >= 0.3 is 5.97 Å². The van der Waals surface area contributed by atoms with Gasteiger partial charge in [-0.2, -0.15) is 0 Å². The Kier molecular flexibility index (Phi) is 7.70. The highest BCUT2D eigenvalue weighted by atomic mass is 16.7. The number of carbonyl (C=O) groups is 1. The Morgan fingerprint density at radius 2 is 1.82 bits per heavy atom. The van der Waals surface area contributed by atoms with Crippen LogP contribution in [0, 0.1) is 13.8 Å². The number of oxime groups is 1. The van der Waals surface area contributed by atoms with Crippen LogP contribution in [0.4, 0.5) is 5.69 Å². The van der Waals surface area contributed by atoms with Gasteiger partial charge in [-0.3, -0.25) is 0 Å². The standard InChI is InChI=1S/C26H27N3O4/c1-17-7-11-21(12-8-17)32-16-20-15-19(9-13-24(20)31-3)10-14-25(30)33-29-26(28)22-5-4-6-23(27)18(22)2/h4-15H,16,27H2,1-3H3,(H2,28,29)/b14-10-. The number of aryl methyl sites for hydroxylation is 1. The summed E-state index contributed by atoms with van der Waals surface area (Å²) in [7, 11) is 1.60. The summed E-state index contributed by atoms with van der Waals surface area (Å²) in [6, 6.07) is 18.6. The third kappa shape index (κ3) is 6.36. The first-order valence-electron chi connectivity index (χ1n) is 10.3. The smallest absolute Gasteiger partial charge is 0.358 e. The fourth-order valence-electron chi connectivity index (χ4n) is 3.08. The molecule has 0 aliphatic rings. The number of carbonyl (C=O) groups excluding carboxylic acids is 1. The molecule has 0 bridgehead atoms. The molecule has 0 aromatic heterocycles. The zero-order valence-corrected chi connectivity index (χ0v) is 18.9. The number of benzene rings is 3. The van der Waals surface area contributed by atoms with E-state index in [-0.39, 0.29) is 5.84 Å². The topological polar surface area (TPSA) is 109 Å². The summed E-state index contributed by atoms with van der Waals surface area (Å²) in [6.45, 7) is 4.16. The minimum atomic E-state index is -0.659. The Morgan fingerprint density at radius 3 is 2.55 bits per heavy atom. The number of rotatable bonds is 8. The average Bonchev–Trinajstić information content (AvgIpc) is 2.82. The van der Waals surface area contributed by atoms with Gasteiger partial charge in [0.15, 0.2) is 5.84 Å². The molecule has 0 atom stereocenters. The molecule has 3 rings (SSSR count). The van der Waals surface area contributed by atoms with Crippen LogP contribution in [0.5, 0.6) is 11.5 Å². The van der Waals surface area contributed by atoms with E-state index in [2.05, 4.69) is 5.16 Å². The van der Waals surface area contributed by atoms with Crippen molar-refractivity contribution in [2.75, 3.05) is 12.8 Å². The summed E-state index contributed by atoms with van der Waals surface area (Å²) >= 11 is 0. The zero-order chi connectivity index (χ0) is 23.8. The second-order valence-electron chi connectivity index (χ2n) is 7.41. The van der Waals surface area contributed by atoms with Crippen molar-refractivity contribution in [2.45, 2.75) is 20.5 Å². The molecule has 0 heterocycles. The van der Waals surface area contributed by atoms with Crippen LogP contribution in [0.2, 0.25) is 0 Å². The Morgan fingerprint density at radius 1 is 1.06 bits per heavy atom. The normalized spacial score (nSPS) is 11.4. The molecule has 3 aromatic carbocycles. The summed E-state index contributed by atoms with van der Waals surface area (Å²) < 4.78 is 11.3. The maximum absolute atomic E-state index is 12.1. The van der Waals surface area contributed by atoms with E-state index in [0.717, 1.165) is 28.0 Å². The molecule has 0 saturated carbocycles. The predicted molar refractivity (Wildman–Crippen MR) is 130 cm³/mol. The second-order valence-corrected chi connectivity index (χ2v) is 7.41. The summed E-state index contributed by atoms with van der Waals surface area (Å²) in [5.41, 5.74) is 16.5. The van der Waals surface area contributed by atoms with E-state index in [1.54, 1.807) is 31.4 Å². The monoisotopic (exact) mass is 445 g/mol.